The van der Waals surface area contributed by atoms with E-state index >= 15 is 0 Å². The molecule has 1 aromatic heterocycles. The van der Waals surface area contributed by atoms with Crippen LogP contribution in [0.1, 0.15) is 30.5 Å². The molecule has 0 aromatic carbocycles. The SMILES string of the molecule is Cc1cc(N2CCC(C(N)=C3C(=N)NC(=O)CC3C(F)(F)F)CC2)cnc1C#N. The summed E-state index contributed by atoms with van der Waals surface area (Å²) in [5.74, 6) is -3.75. The summed E-state index contributed by atoms with van der Waals surface area (Å²) in [5, 5.41) is 19.0. The second-order valence-electron chi connectivity index (χ2n) is 7.32. The second-order valence-corrected chi connectivity index (χ2v) is 7.32. The molecule has 1 aromatic rings. The zero-order valence-corrected chi connectivity index (χ0v) is 15.8. The summed E-state index contributed by atoms with van der Waals surface area (Å²) < 4.78 is 40.3. The van der Waals surface area contributed by atoms with Gasteiger partial charge in [0.15, 0.2) is 0 Å². The first-order valence-electron chi connectivity index (χ1n) is 9.18. The van der Waals surface area contributed by atoms with Crippen LogP contribution in [0.4, 0.5) is 18.9 Å². The zero-order chi connectivity index (χ0) is 21.3. The molecule has 2 fully saturated rings. The Hall–Kier alpha value is -3.09. The number of amidine groups is 1. The molecular weight excluding hydrogens is 385 g/mol. The molecule has 0 spiro atoms. The van der Waals surface area contributed by atoms with Crippen LogP contribution in [0.3, 0.4) is 0 Å². The van der Waals surface area contributed by atoms with Crippen LogP contribution in [0.15, 0.2) is 23.5 Å². The van der Waals surface area contributed by atoms with Gasteiger partial charge >= 0.3 is 6.18 Å². The smallest absolute Gasteiger partial charge is 0.396 e. The van der Waals surface area contributed by atoms with E-state index in [2.05, 4.69) is 10.3 Å². The number of halogens is 3. The van der Waals surface area contributed by atoms with E-state index in [1.807, 2.05) is 17.0 Å². The number of piperidine rings is 2. The molecule has 2 saturated heterocycles. The van der Waals surface area contributed by atoms with E-state index in [1.165, 1.54) is 0 Å². The molecular formula is C19H21F3N6O. The summed E-state index contributed by atoms with van der Waals surface area (Å²) in [5.41, 5.74) is 7.79. The molecule has 7 nitrogen and oxygen atoms in total. The van der Waals surface area contributed by atoms with Crippen LogP contribution in [0.25, 0.3) is 0 Å². The molecule has 0 saturated carbocycles. The maximum Gasteiger partial charge on any atom is 0.396 e. The maximum atomic E-state index is 13.4. The number of hydrogen-bond donors (Lipinski definition) is 3. The Balaban J connectivity index is 1.78. The lowest BCUT2D eigenvalue weighted by molar-refractivity contribution is -0.169. The summed E-state index contributed by atoms with van der Waals surface area (Å²) in [6.07, 6.45) is -2.76. The number of nitriles is 1. The zero-order valence-electron chi connectivity index (χ0n) is 15.8. The van der Waals surface area contributed by atoms with E-state index in [-0.39, 0.29) is 17.2 Å². The molecule has 1 atom stereocenters. The highest BCUT2D eigenvalue weighted by atomic mass is 19.4. The first-order valence-corrected chi connectivity index (χ1v) is 9.18. The van der Waals surface area contributed by atoms with Crippen LogP contribution >= 0.6 is 0 Å². The quantitative estimate of drug-likeness (QED) is 0.697. The number of aryl methyl sites for hydroxylation is 1. The average molecular weight is 406 g/mol. The minimum atomic E-state index is -4.64. The Morgan fingerprint density at radius 2 is 2.07 bits per heavy atom. The molecule has 2 aliphatic rings. The summed E-state index contributed by atoms with van der Waals surface area (Å²) in [6, 6.07) is 3.87. The number of rotatable bonds is 2. The number of allylic oxidation sites excluding steroid dienone is 1. The van der Waals surface area contributed by atoms with Gasteiger partial charge in [-0.3, -0.25) is 10.2 Å². The fourth-order valence-electron chi connectivity index (χ4n) is 3.86. The number of nitrogens with two attached hydrogens (primary N) is 1. The van der Waals surface area contributed by atoms with Crippen LogP contribution in [-0.2, 0) is 4.79 Å². The number of alkyl halides is 3. The van der Waals surface area contributed by atoms with Crippen LogP contribution < -0.4 is 16.0 Å². The Kier molecular flexibility index (Phi) is 5.50. The molecule has 3 rings (SSSR count). The van der Waals surface area contributed by atoms with Gasteiger partial charge in [0.1, 0.15) is 17.6 Å². The third kappa shape index (κ3) is 4.18. The van der Waals surface area contributed by atoms with E-state index in [0.717, 1.165) is 11.3 Å². The van der Waals surface area contributed by atoms with Gasteiger partial charge in [0.25, 0.3) is 0 Å². The second kappa shape index (κ2) is 7.73. The molecule has 154 valence electrons. The number of aromatic nitrogens is 1. The summed E-state index contributed by atoms with van der Waals surface area (Å²) in [6.45, 7) is 2.91. The summed E-state index contributed by atoms with van der Waals surface area (Å²) >= 11 is 0. The largest absolute Gasteiger partial charge is 0.401 e. The third-order valence-corrected chi connectivity index (χ3v) is 5.45. The summed E-state index contributed by atoms with van der Waals surface area (Å²) in [4.78, 5) is 17.7. The van der Waals surface area contributed by atoms with Gasteiger partial charge < -0.3 is 16.0 Å². The number of amides is 1. The van der Waals surface area contributed by atoms with E-state index in [9.17, 15) is 18.0 Å². The highest BCUT2D eigenvalue weighted by molar-refractivity contribution is 6.09. The van der Waals surface area contributed by atoms with Gasteiger partial charge in [-0.05, 0) is 31.4 Å². The predicted molar refractivity (Wildman–Crippen MR) is 99.9 cm³/mol. The van der Waals surface area contributed by atoms with Crippen molar-refractivity contribution in [1.82, 2.24) is 10.3 Å². The van der Waals surface area contributed by atoms with Crippen molar-refractivity contribution in [2.75, 3.05) is 18.0 Å². The Bertz CT molecular complexity index is 910. The molecule has 10 heteroatoms. The Morgan fingerprint density at radius 1 is 1.41 bits per heavy atom. The maximum absolute atomic E-state index is 13.4. The van der Waals surface area contributed by atoms with Crippen LogP contribution in [0, 0.1) is 35.5 Å². The van der Waals surface area contributed by atoms with Crippen LogP contribution in [0.5, 0.6) is 0 Å². The van der Waals surface area contributed by atoms with Crippen molar-refractivity contribution in [3.63, 3.8) is 0 Å². The molecule has 1 amide bonds. The van der Waals surface area contributed by atoms with E-state index in [4.69, 9.17) is 16.4 Å². The molecule has 0 radical (unpaired) electrons. The normalized spacial score (nSPS) is 22.9. The number of nitrogens with zero attached hydrogens (tertiary/aromatic N) is 3. The monoisotopic (exact) mass is 406 g/mol. The number of carbonyl (C=O) groups excluding carboxylic acids is 1. The van der Waals surface area contributed by atoms with Gasteiger partial charge in [-0.1, -0.05) is 0 Å². The topological polar surface area (TPSA) is 119 Å². The lowest BCUT2D eigenvalue weighted by Gasteiger charge is -2.36. The predicted octanol–water partition coefficient (Wildman–Crippen LogP) is 2.37. The molecule has 3 heterocycles. The minimum absolute atomic E-state index is 0.0334. The first kappa shape index (κ1) is 20.6. The van der Waals surface area contributed by atoms with Gasteiger partial charge in [-0.15, -0.1) is 0 Å². The molecule has 1 unspecified atom stereocenters. The lowest BCUT2D eigenvalue weighted by atomic mass is 9.82. The number of hydrogen-bond acceptors (Lipinski definition) is 6. The van der Waals surface area contributed by atoms with Gasteiger partial charge in [-0.2, -0.15) is 18.4 Å². The van der Waals surface area contributed by atoms with Crippen molar-refractivity contribution in [2.45, 2.75) is 32.4 Å². The van der Waals surface area contributed by atoms with Crippen molar-refractivity contribution < 1.29 is 18.0 Å². The average Bonchev–Trinajstić information content (AvgIpc) is 2.66. The minimum Gasteiger partial charge on any atom is -0.401 e. The van der Waals surface area contributed by atoms with Gasteiger partial charge in [0, 0.05) is 36.7 Å². The fourth-order valence-corrected chi connectivity index (χ4v) is 3.86. The van der Waals surface area contributed by atoms with Crippen LogP contribution in [0.2, 0.25) is 0 Å². The van der Waals surface area contributed by atoms with E-state index in [1.54, 1.807) is 13.1 Å². The van der Waals surface area contributed by atoms with E-state index in [0.29, 0.717) is 31.6 Å². The van der Waals surface area contributed by atoms with Crippen LogP contribution in [-0.4, -0.2) is 36.0 Å². The van der Waals surface area contributed by atoms with Gasteiger partial charge in [-0.25, -0.2) is 4.98 Å². The molecule has 4 N–H and O–H groups in total. The Morgan fingerprint density at radius 3 is 2.62 bits per heavy atom. The highest BCUT2D eigenvalue weighted by Crippen LogP contribution is 2.39. The molecule has 2 aliphatic heterocycles. The lowest BCUT2D eigenvalue weighted by Crippen LogP contribution is -2.47. The number of pyridine rings is 1. The van der Waals surface area contributed by atoms with Gasteiger partial charge in [0.2, 0.25) is 5.91 Å². The number of anilines is 1. The van der Waals surface area contributed by atoms with Crippen molar-refractivity contribution >= 4 is 17.4 Å². The van der Waals surface area contributed by atoms with Crippen molar-refractivity contribution in [2.24, 2.45) is 17.6 Å². The number of carbonyl (C=O) groups is 1. The van der Waals surface area contributed by atoms with Gasteiger partial charge in [0.05, 0.1) is 17.8 Å². The molecule has 29 heavy (non-hydrogen) atoms. The third-order valence-electron chi connectivity index (χ3n) is 5.45. The standard InChI is InChI=1S/C19H21F3N6O/c1-10-6-12(9-26-14(10)8-23)28-4-2-11(3-5-28)17(24)16-13(19(20,21)22)7-15(29)27-18(16)25/h6,9,11,13H,2-5,7,24H2,1H3,(H2,25,27,29). The van der Waals surface area contributed by atoms with Crippen molar-refractivity contribution in [1.29, 1.82) is 10.7 Å². The highest BCUT2D eigenvalue weighted by Gasteiger charge is 2.48. The number of nitrogens with one attached hydrogen (secondary N) is 2. The van der Waals surface area contributed by atoms with E-state index < -0.39 is 30.3 Å². The first-order chi connectivity index (χ1) is 13.6. The van der Waals surface area contributed by atoms with Crippen molar-refractivity contribution in [3.05, 3.63) is 34.8 Å². The molecule has 0 bridgehead atoms. The summed E-state index contributed by atoms with van der Waals surface area (Å²) in [7, 11) is 0. The van der Waals surface area contributed by atoms with Crippen molar-refractivity contribution in [3.8, 4) is 6.07 Å². The Labute approximate surface area is 165 Å². The fraction of sp³-hybridized carbons (Fsp3) is 0.474. The molecule has 0 aliphatic carbocycles.